The van der Waals surface area contributed by atoms with Crippen LogP contribution in [0.4, 0.5) is 5.88 Å². The van der Waals surface area contributed by atoms with Crippen LogP contribution in [0.3, 0.4) is 0 Å². The number of nitrogens with zero attached hydrogens (tertiary/aromatic N) is 3. The Kier molecular flexibility index (Phi) is 6.51. The van der Waals surface area contributed by atoms with Gasteiger partial charge < -0.3 is 19.2 Å². The summed E-state index contributed by atoms with van der Waals surface area (Å²) in [7, 11) is 1.62. The van der Waals surface area contributed by atoms with Crippen molar-refractivity contribution >= 4 is 5.88 Å². The second-order valence-corrected chi connectivity index (χ2v) is 7.49. The molecule has 3 aromatic rings. The van der Waals surface area contributed by atoms with Gasteiger partial charge in [-0.25, -0.2) is 0 Å². The molecule has 7 heteroatoms. The lowest BCUT2D eigenvalue weighted by Gasteiger charge is -2.35. The SMILES string of the molecule is COc1ccc(-c2nc(C#N)c(NC[C@H](c3ccc(C)cc3)N3CCOCC3)o2)cc1. The van der Waals surface area contributed by atoms with Gasteiger partial charge in [0.05, 0.1) is 26.4 Å². The first kappa shape index (κ1) is 20.9. The van der Waals surface area contributed by atoms with Crippen LogP contribution in [0.2, 0.25) is 0 Å². The number of oxazole rings is 1. The normalized spacial score (nSPS) is 15.3. The summed E-state index contributed by atoms with van der Waals surface area (Å²) >= 11 is 0. The lowest BCUT2D eigenvalue weighted by molar-refractivity contribution is 0.0186. The number of rotatable bonds is 7. The number of methoxy groups -OCH3 is 1. The Hall–Kier alpha value is -3.34. The summed E-state index contributed by atoms with van der Waals surface area (Å²) < 4.78 is 16.7. The number of benzene rings is 2. The van der Waals surface area contributed by atoms with Gasteiger partial charge in [0.1, 0.15) is 11.8 Å². The number of aromatic nitrogens is 1. The molecule has 4 rings (SSSR count). The molecule has 1 saturated heterocycles. The molecule has 0 aliphatic carbocycles. The molecule has 0 bridgehead atoms. The molecule has 1 aliphatic rings. The largest absolute Gasteiger partial charge is 0.497 e. The third-order valence-electron chi connectivity index (χ3n) is 5.47. The predicted octanol–water partition coefficient (Wildman–Crippen LogP) is 4.02. The molecule has 1 aromatic heterocycles. The number of ether oxygens (including phenoxy) is 2. The molecule has 0 spiro atoms. The van der Waals surface area contributed by atoms with Crippen molar-refractivity contribution in [2.45, 2.75) is 13.0 Å². The summed E-state index contributed by atoms with van der Waals surface area (Å²) in [6.07, 6.45) is 0. The Morgan fingerprint density at radius 1 is 1.13 bits per heavy atom. The highest BCUT2D eigenvalue weighted by atomic mass is 16.5. The second-order valence-electron chi connectivity index (χ2n) is 7.49. The molecular formula is C24H26N4O3. The van der Waals surface area contributed by atoms with E-state index >= 15 is 0 Å². The third kappa shape index (κ3) is 4.88. The number of hydrogen-bond acceptors (Lipinski definition) is 7. The molecule has 0 radical (unpaired) electrons. The minimum atomic E-state index is 0.130. The van der Waals surface area contributed by atoms with E-state index in [4.69, 9.17) is 13.9 Å². The molecule has 7 nitrogen and oxygen atoms in total. The van der Waals surface area contributed by atoms with Gasteiger partial charge in [-0.1, -0.05) is 29.8 Å². The first-order valence-electron chi connectivity index (χ1n) is 10.4. The Morgan fingerprint density at radius 3 is 2.48 bits per heavy atom. The van der Waals surface area contributed by atoms with E-state index in [2.05, 4.69) is 52.5 Å². The highest BCUT2D eigenvalue weighted by Crippen LogP contribution is 2.29. The molecule has 31 heavy (non-hydrogen) atoms. The van der Waals surface area contributed by atoms with Gasteiger partial charge in [-0.2, -0.15) is 10.2 Å². The van der Waals surface area contributed by atoms with Gasteiger partial charge in [-0.15, -0.1) is 0 Å². The van der Waals surface area contributed by atoms with Crippen molar-refractivity contribution in [3.63, 3.8) is 0 Å². The fourth-order valence-electron chi connectivity index (χ4n) is 3.70. The molecule has 2 heterocycles. The zero-order valence-electron chi connectivity index (χ0n) is 17.8. The first-order chi connectivity index (χ1) is 15.2. The molecule has 0 amide bonds. The quantitative estimate of drug-likeness (QED) is 0.620. The molecule has 1 aliphatic heterocycles. The van der Waals surface area contributed by atoms with Crippen LogP contribution in [0.5, 0.6) is 5.75 Å². The van der Waals surface area contributed by atoms with Crippen LogP contribution in [-0.4, -0.2) is 49.8 Å². The zero-order chi connectivity index (χ0) is 21.6. The molecule has 160 valence electrons. The van der Waals surface area contributed by atoms with Crippen molar-refractivity contribution in [3.05, 3.63) is 65.4 Å². The van der Waals surface area contributed by atoms with Gasteiger partial charge in [0, 0.05) is 25.2 Å². The Bertz CT molecular complexity index is 1030. The number of morpholine rings is 1. The standard InChI is InChI=1S/C24H26N4O3/c1-17-3-5-18(6-4-17)22(28-11-13-30-14-12-28)16-26-24-21(15-25)27-23(31-24)19-7-9-20(29-2)10-8-19/h3-10,22,26H,11-14,16H2,1-2H3/t22-/m1/s1. The van der Waals surface area contributed by atoms with Crippen molar-refractivity contribution in [1.82, 2.24) is 9.88 Å². The second kappa shape index (κ2) is 9.65. The van der Waals surface area contributed by atoms with E-state index in [-0.39, 0.29) is 11.7 Å². The summed E-state index contributed by atoms with van der Waals surface area (Å²) in [5.74, 6) is 1.54. The van der Waals surface area contributed by atoms with Gasteiger partial charge in [0.15, 0.2) is 0 Å². The summed E-state index contributed by atoms with van der Waals surface area (Å²) in [5.41, 5.74) is 3.47. The van der Waals surface area contributed by atoms with E-state index in [0.29, 0.717) is 18.3 Å². The maximum atomic E-state index is 9.56. The van der Waals surface area contributed by atoms with Gasteiger partial charge in [-0.05, 0) is 36.8 Å². The lowest BCUT2D eigenvalue weighted by Crippen LogP contribution is -2.41. The van der Waals surface area contributed by atoms with Crippen molar-refractivity contribution < 1.29 is 13.9 Å². The number of nitrogens with one attached hydrogen (secondary N) is 1. The number of aryl methyl sites for hydroxylation is 1. The number of nitriles is 1. The van der Waals surface area contributed by atoms with E-state index < -0.39 is 0 Å². The minimum Gasteiger partial charge on any atom is -0.497 e. The number of hydrogen-bond donors (Lipinski definition) is 1. The van der Waals surface area contributed by atoms with Crippen LogP contribution in [0.15, 0.2) is 52.9 Å². The summed E-state index contributed by atoms with van der Waals surface area (Å²) in [6.45, 7) is 5.83. The van der Waals surface area contributed by atoms with Gasteiger partial charge in [0.25, 0.3) is 0 Å². The fourth-order valence-corrected chi connectivity index (χ4v) is 3.70. The molecule has 1 fully saturated rings. The molecule has 0 saturated carbocycles. The number of anilines is 1. The average molecular weight is 418 g/mol. The molecule has 1 N–H and O–H groups in total. The highest BCUT2D eigenvalue weighted by molar-refractivity contribution is 5.59. The van der Waals surface area contributed by atoms with Crippen molar-refractivity contribution in [2.75, 3.05) is 45.3 Å². The molecular weight excluding hydrogens is 392 g/mol. The van der Waals surface area contributed by atoms with Crippen LogP contribution in [0.25, 0.3) is 11.5 Å². The van der Waals surface area contributed by atoms with Crippen LogP contribution >= 0.6 is 0 Å². The molecule has 2 aromatic carbocycles. The van der Waals surface area contributed by atoms with Gasteiger partial charge in [0.2, 0.25) is 17.5 Å². The minimum absolute atomic E-state index is 0.130. The van der Waals surface area contributed by atoms with E-state index in [0.717, 1.165) is 37.6 Å². The monoisotopic (exact) mass is 418 g/mol. The van der Waals surface area contributed by atoms with Crippen molar-refractivity contribution in [1.29, 1.82) is 5.26 Å². The van der Waals surface area contributed by atoms with Gasteiger partial charge in [-0.3, -0.25) is 4.90 Å². The molecule has 0 unspecified atom stereocenters. The maximum absolute atomic E-state index is 9.56. The van der Waals surface area contributed by atoms with Crippen molar-refractivity contribution in [2.24, 2.45) is 0 Å². The van der Waals surface area contributed by atoms with Crippen molar-refractivity contribution in [3.8, 4) is 23.3 Å². The Balaban J connectivity index is 1.55. The smallest absolute Gasteiger partial charge is 0.232 e. The van der Waals surface area contributed by atoms with E-state index in [1.165, 1.54) is 11.1 Å². The first-order valence-corrected chi connectivity index (χ1v) is 10.4. The predicted molar refractivity (Wildman–Crippen MR) is 118 cm³/mol. The Morgan fingerprint density at radius 2 is 1.84 bits per heavy atom. The topological polar surface area (TPSA) is 83.5 Å². The lowest BCUT2D eigenvalue weighted by atomic mass is 10.0. The Labute approximate surface area is 182 Å². The summed E-state index contributed by atoms with van der Waals surface area (Å²) in [5, 5.41) is 12.9. The maximum Gasteiger partial charge on any atom is 0.232 e. The zero-order valence-corrected chi connectivity index (χ0v) is 17.8. The van der Waals surface area contributed by atoms with E-state index in [9.17, 15) is 5.26 Å². The average Bonchev–Trinajstić information content (AvgIpc) is 3.24. The third-order valence-corrected chi connectivity index (χ3v) is 5.47. The van der Waals surface area contributed by atoms with Crippen LogP contribution < -0.4 is 10.1 Å². The van der Waals surface area contributed by atoms with Crippen LogP contribution in [0.1, 0.15) is 22.9 Å². The highest BCUT2D eigenvalue weighted by Gasteiger charge is 2.24. The van der Waals surface area contributed by atoms with Crippen LogP contribution in [-0.2, 0) is 4.74 Å². The summed E-state index contributed by atoms with van der Waals surface area (Å²) in [4.78, 5) is 6.76. The molecule has 1 atom stereocenters. The van der Waals surface area contributed by atoms with Gasteiger partial charge >= 0.3 is 0 Å². The van der Waals surface area contributed by atoms with E-state index in [1.807, 2.05) is 24.3 Å². The summed E-state index contributed by atoms with van der Waals surface area (Å²) in [6, 6.07) is 18.2. The van der Waals surface area contributed by atoms with Crippen LogP contribution in [0, 0.1) is 18.3 Å². The fraction of sp³-hybridized carbons (Fsp3) is 0.333. The van der Waals surface area contributed by atoms with E-state index in [1.54, 1.807) is 7.11 Å².